The van der Waals surface area contributed by atoms with Gasteiger partial charge in [-0.2, -0.15) is 0 Å². The molecule has 0 amide bonds. The van der Waals surface area contributed by atoms with Crippen molar-refractivity contribution < 1.29 is 16.8 Å². The Morgan fingerprint density at radius 1 is 1.04 bits per heavy atom. The van der Waals surface area contributed by atoms with E-state index in [9.17, 15) is 16.8 Å². The van der Waals surface area contributed by atoms with Gasteiger partial charge in [0.2, 0.25) is 20.0 Å². The van der Waals surface area contributed by atoms with Gasteiger partial charge >= 0.3 is 0 Å². The van der Waals surface area contributed by atoms with Gasteiger partial charge in [-0.05, 0) is 41.5 Å². The van der Waals surface area contributed by atoms with Gasteiger partial charge in [-0.25, -0.2) is 26.7 Å². The maximum absolute atomic E-state index is 12.0. The monoisotopic (exact) mass is 386 g/mol. The second kappa shape index (κ2) is 7.45. The van der Waals surface area contributed by atoms with Crippen LogP contribution in [0.2, 0.25) is 5.02 Å². The number of nitrogens with one attached hydrogen (secondary N) is 1. The summed E-state index contributed by atoms with van der Waals surface area (Å²) in [5.74, 6) is 0. The maximum atomic E-state index is 12.0. The molecule has 128 valence electrons. The summed E-state index contributed by atoms with van der Waals surface area (Å²) < 4.78 is 48.9. The highest BCUT2D eigenvalue weighted by Crippen LogP contribution is 2.12. The van der Waals surface area contributed by atoms with Gasteiger partial charge in [0.15, 0.2) is 0 Å². The van der Waals surface area contributed by atoms with Crippen LogP contribution in [0.1, 0.15) is 11.1 Å². The molecule has 0 radical (unpaired) electrons. The van der Waals surface area contributed by atoms with Gasteiger partial charge in [-0.1, -0.05) is 35.9 Å². The number of nitrogens with two attached hydrogens (primary N) is 1. The molecule has 0 fully saturated rings. The van der Waals surface area contributed by atoms with E-state index >= 15 is 0 Å². The summed E-state index contributed by atoms with van der Waals surface area (Å²) in [6, 6.07) is 12.4. The van der Waals surface area contributed by atoms with Gasteiger partial charge in [0.1, 0.15) is 0 Å². The van der Waals surface area contributed by atoms with Crippen molar-refractivity contribution in [2.45, 2.75) is 11.4 Å². The topological polar surface area (TPSA) is 106 Å². The number of hydrogen-bond donors (Lipinski definition) is 2. The molecule has 0 aliphatic rings. The molecule has 0 aromatic heterocycles. The molecule has 9 heteroatoms. The van der Waals surface area contributed by atoms with Crippen molar-refractivity contribution in [2.75, 3.05) is 0 Å². The minimum Gasteiger partial charge on any atom is -0.225 e. The summed E-state index contributed by atoms with van der Waals surface area (Å²) in [6.07, 6.45) is 1.43. The molecule has 0 aliphatic heterocycles. The van der Waals surface area contributed by atoms with Crippen LogP contribution in [0.15, 0.2) is 58.8 Å². The van der Waals surface area contributed by atoms with Gasteiger partial charge in [0.05, 0.1) is 4.90 Å². The Morgan fingerprint density at radius 3 is 2.33 bits per heavy atom. The maximum Gasteiger partial charge on any atom is 0.238 e. The van der Waals surface area contributed by atoms with Crippen LogP contribution in [0, 0.1) is 0 Å². The van der Waals surface area contributed by atoms with E-state index in [1.807, 2.05) is 0 Å². The van der Waals surface area contributed by atoms with Crippen molar-refractivity contribution >= 4 is 37.7 Å². The van der Waals surface area contributed by atoms with Gasteiger partial charge in [0, 0.05) is 17.0 Å². The third-order valence-corrected chi connectivity index (χ3v) is 5.22. The van der Waals surface area contributed by atoms with Gasteiger partial charge in [-0.3, -0.25) is 0 Å². The molecule has 0 spiro atoms. The van der Waals surface area contributed by atoms with E-state index < -0.39 is 20.0 Å². The average molecular weight is 387 g/mol. The fourth-order valence-electron chi connectivity index (χ4n) is 1.81. The summed E-state index contributed by atoms with van der Waals surface area (Å²) in [7, 11) is -7.51. The number of hydrogen-bond acceptors (Lipinski definition) is 4. The molecule has 0 atom stereocenters. The minimum atomic E-state index is -3.83. The number of benzene rings is 2. The van der Waals surface area contributed by atoms with E-state index in [1.165, 1.54) is 24.3 Å². The zero-order chi connectivity index (χ0) is 17.8. The molecule has 2 rings (SSSR count). The molecule has 3 N–H and O–H groups in total. The SMILES string of the molecule is NS(=O)(=O)c1cccc(CNS(=O)(=O)C=Cc2ccc(Cl)cc2)c1. The molecule has 0 saturated carbocycles. The van der Waals surface area contributed by atoms with Crippen LogP contribution in [0.3, 0.4) is 0 Å². The Morgan fingerprint density at radius 2 is 1.71 bits per heavy atom. The van der Waals surface area contributed by atoms with Crippen molar-refractivity contribution in [2.24, 2.45) is 5.14 Å². The molecule has 2 aromatic carbocycles. The van der Waals surface area contributed by atoms with E-state index in [-0.39, 0.29) is 11.4 Å². The Bertz CT molecular complexity index is 953. The Balaban J connectivity index is 2.06. The standard InChI is InChI=1S/C15H15ClN2O4S2/c16-14-6-4-12(5-7-14)8-9-23(19,20)18-11-13-2-1-3-15(10-13)24(17,21)22/h1-10,18H,11H2,(H2,17,21,22). The first-order chi connectivity index (χ1) is 11.2. The minimum absolute atomic E-state index is 0.0589. The first-order valence-corrected chi connectivity index (χ1v) is 10.2. The van der Waals surface area contributed by atoms with Gasteiger partial charge in [-0.15, -0.1) is 0 Å². The fourth-order valence-corrected chi connectivity index (χ4v) is 3.32. The molecular weight excluding hydrogens is 372 g/mol. The zero-order valence-electron chi connectivity index (χ0n) is 12.4. The van der Waals surface area contributed by atoms with E-state index in [4.69, 9.17) is 16.7 Å². The molecule has 0 aliphatic carbocycles. The Kier molecular flexibility index (Phi) is 5.79. The predicted molar refractivity (Wildman–Crippen MR) is 94.1 cm³/mol. The van der Waals surface area contributed by atoms with E-state index in [2.05, 4.69) is 4.72 Å². The summed E-state index contributed by atoms with van der Waals surface area (Å²) in [5.41, 5.74) is 1.16. The van der Waals surface area contributed by atoms with Crippen LogP contribution in [-0.4, -0.2) is 16.8 Å². The first-order valence-electron chi connectivity index (χ1n) is 6.71. The van der Waals surface area contributed by atoms with E-state index in [1.54, 1.807) is 30.3 Å². The molecular formula is C15H15ClN2O4S2. The highest BCUT2D eigenvalue weighted by atomic mass is 35.5. The lowest BCUT2D eigenvalue weighted by Gasteiger charge is -2.05. The van der Waals surface area contributed by atoms with E-state index in [0.717, 1.165) is 5.41 Å². The van der Waals surface area contributed by atoms with Crippen molar-refractivity contribution in [1.29, 1.82) is 0 Å². The second-order valence-corrected chi connectivity index (χ2v) is 8.56. The highest BCUT2D eigenvalue weighted by molar-refractivity contribution is 7.92. The first kappa shape index (κ1) is 18.6. The van der Waals surface area contributed by atoms with Gasteiger partial charge in [0.25, 0.3) is 0 Å². The lowest BCUT2D eigenvalue weighted by atomic mass is 10.2. The van der Waals surface area contributed by atoms with Crippen molar-refractivity contribution in [1.82, 2.24) is 4.72 Å². The largest absolute Gasteiger partial charge is 0.238 e. The molecule has 2 aromatic rings. The van der Waals surface area contributed by atoms with Crippen molar-refractivity contribution in [3.05, 3.63) is 70.1 Å². The number of rotatable bonds is 6. The van der Waals surface area contributed by atoms with Gasteiger partial charge < -0.3 is 0 Å². The summed E-state index contributed by atoms with van der Waals surface area (Å²) >= 11 is 5.76. The Labute approximate surface area is 146 Å². The third-order valence-electron chi connectivity index (χ3n) is 3.01. The lowest BCUT2D eigenvalue weighted by Crippen LogP contribution is -2.21. The fraction of sp³-hybridized carbons (Fsp3) is 0.0667. The van der Waals surface area contributed by atoms with Crippen molar-refractivity contribution in [3.63, 3.8) is 0 Å². The van der Waals surface area contributed by atoms with Crippen LogP contribution in [0.25, 0.3) is 6.08 Å². The van der Waals surface area contributed by atoms with Crippen LogP contribution >= 0.6 is 11.6 Å². The smallest absolute Gasteiger partial charge is 0.225 e. The lowest BCUT2D eigenvalue weighted by molar-refractivity contribution is 0.590. The number of halogens is 1. The average Bonchev–Trinajstić information content (AvgIpc) is 2.52. The van der Waals surface area contributed by atoms with Crippen LogP contribution < -0.4 is 9.86 Å². The molecule has 0 heterocycles. The summed E-state index contributed by atoms with van der Waals surface area (Å²) in [4.78, 5) is -0.0732. The number of sulfonamides is 2. The summed E-state index contributed by atoms with van der Waals surface area (Å²) in [6.45, 7) is -0.0589. The zero-order valence-corrected chi connectivity index (χ0v) is 14.8. The predicted octanol–water partition coefficient (Wildman–Crippen LogP) is 2.08. The normalized spacial score (nSPS) is 12.6. The number of primary sulfonamides is 1. The van der Waals surface area contributed by atoms with E-state index in [0.29, 0.717) is 16.1 Å². The molecule has 0 unspecified atom stereocenters. The molecule has 24 heavy (non-hydrogen) atoms. The Hall–Kier alpha value is -1.71. The van der Waals surface area contributed by atoms with Crippen LogP contribution in [-0.2, 0) is 26.6 Å². The highest BCUT2D eigenvalue weighted by Gasteiger charge is 2.09. The van der Waals surface area contributed by atoms with Crippen LogP contribution in [0.4, 0.5) is 0 Å². The second-order valence-electron chi connectivity index (χ2n) is 4.91. The molecule has 6 nitrogen and oxygen atoms in total. The van der Waals surface area contributed by atoms with Crippen LogP contribution in [0.5, 0.6) is 0 Å². The summed E-state index contributed by atoms with van der Waals surface area (Å²) in [5, 5.41) is 6.63. The van der Waals surface area contributed by atoms with Crippen molar-refractivity contribution in [3.8, 4) is 0 Å². The molecule has 0 bridgehead atoms. The quantitative estimate of drug-likeness (QED) is 0.792. The molecule has 0 saturated heterocycles. The third kappa shape index (κ3) is 5.73.